The van der Waals surface area contributed by atoms with Gasteiger partial charge in [-0.3, -0.25) is 0 Å². The van der Waals surface area contributed by atoms with Crippen LogP contribution in [0.4, 0.5) is 0 Å². The van der Waals surface area contributed by atoms with Crippen LogP contribution in [0.15, 0.2) is 30.3 Å². The van der Waals surface area contributed by atoms with Crippen LogP contribution in [0.3, 0.4) is 0 Å². The molecule has 1 unspecified atom stereocenters. The maximum atomic E-state index is 2.73. The van der Waals surface area contributed by atoms with Crippen LogP contribution in [0.5, 0.6) is 0 Å². The molecular weight excluding hydrogens is 163 g/mol. The summed E-state index contributed by atoms with van der Waals surface area (Å²) in [6.07, 6.45) is 2.33. The highest BCUT2D eigenvalue weighted by Gasteiger charge is 1.84. The second-order valence-corrected chi connectivity index (χ2v) is 2.60. The van der Waals surface area contributed by atoms with Crippen LogP contribution < -0.4 is 0 Å². The summed E-state index contributed by atoms with van der Waals surface area (Å²) < 4.78 is 0. The predicted octanol–water partition coefficient (Wildman–Crippen LogP) is 2.53. The molecular formula is C8H12ClP. The van der Waals surface area contributed by atoms with E-state index < -0.39 is 0 Å². The zero-order valence-electron chi connectivity index (χ0n) is 5.79. The molecule has 0 aliphatic heterocycles. The predicted molar refractivity (Wildman–Crippen MR) is 52.0 cm³/mol. The molecule has 2 heteroatoms. The van der Waals surface area contributed by atoms with Crippen LogP contribution in [-0.4, -0.2) is 6.16 Å². The van der Waals surface area contributed by atoms with E-state index in [1.165, 1.54) is 12.0 Å². The van der Waals surface area contributed by atoms with Gasteiger partial charge in [0.2, 0.25) is 0 Å². The SMILES string of the molecule is Cl.PCCc1ccccc1. The lowest BCUT2D eigenvalue weighted by Gasteiger charge is -1.93. The molecule has 0 saturated carbocycles. The summed E-state index contributed by atoms with van der Waals surface area (Å²) >= 11 is 0. The average Bonchev–Trinajstić information content (AvgIpc) is 1.91. The molecule has 0 nitrogen and oxygen atoms in total. The van der Waals surface area contributed by atoms with Gasteiger partial charge >= 0.3 is 0 Å². The summed E-state index contributed by atoms with van der Waals surface area (Å²) in [5.74, 6) is 0. The van der Waals surface area contributed by atoms with Gasteiger partial charge in [0.1, 0.15) is 0 Å². The summed E-state index contributed by atoms with van der Waals surface area (Å²) in [7, 11) is 2.73. The first-order chi connectivity index (χ1) is 4.43. The number of rotatable bonds is 2. The molecule has 0 amide bonds. The molecule has 0 spiro atoms. The Labute approximate surface area is 70.6 Å². The van der Waals surface area contributed by atoms with Crippen LogP contribution in [-0.2, 0) is 6.42 Å². The van der Waals surface area contributed by atoms with Gasteiger partial charge in [-0.25, -0.2) is 0 Å². The van der Waals surface area contributed by atoms with Crippen molar-refractivity contribution in [1.82, 2.24) is 0 Å². The van der Waals surface area contributed by atoms with E-state index in [9.17, 15) is 0 Å². The minimum Gasteiger partial charge on any atom is -0.147 e. The number of hydrogen-bond donors (Lipinski definition) is 0. The molecule has 0 radical (unpaired) electrons. The fraction of sp³-hybridized carbons (Fsp3) is 0.250. The third-order valence-corrected chi connectivity index (χ3v) is 1.56. The summed E-state index contributed by atoms with van der Waals surface area (Å²) in [6.45, 7) is 0. The Morgan fingerprint density at radius 2 is 1.70 bits per heavy atom. The Morgan fingerprint density at radius 3 is 2.20 bits per heavy atom. The normalized spacial score (nSPS) is 8.50. The smallest absolute Gasteiger partial charge is 0.0244 e. The number of halogens is 1. The molecule has 0 fully saturated rings. The molecule has 0 saturated heterocycles. The van der Waals surface area contributed by atoms with E-state index >= 15 is 0 Å². The van der Waals surface area contributed by atoms with E-state index in [2.05, 4.69) is 33.5 Å². The summed E-state index contributed by atoms with van der Waals surface area (Å²) in [5.41, 5.74) is 1.42. The minimum absolute atomic E-state index is 0. The number of benzene rings is 1. The van der Waals surface area contributed by atoms with Gasteiger partial charge in [0.05, 0.1) is 0 Å². The lowest BCUT2D eigenvalue weighted by molar-refractivity contribution is 1.16. The monoisotopic (exact) mass is 174 g/mol. The van der Waals surface area contributed by atoms with Crippen LogP contribution >= 0.6 is 21.6 Å². The lowest BCUT2D eigenvalue weighted by atomic mass is 10.2. The van der Waals surface area contributed by atoms with Crippen LogP contribution in [0.2, 0.25) is 0 Å². The Morgan fingerprint density at radius 1 is 1.10 bits per heavy atom. The molecule has 1 aromatic carbocycles. The minimum atomic E-state index is 0. The van der Waals surface area contributed by atoms with Crippen molar-refractivity contribution >= 4 is 21.6 Å². The first-order valence-corrected chi connectivity index (χ1v) is 3.99. The second-order valence-electron chi connectivity index (χ2n) is 2.02. The van der Waals surface area contributed by atoms with Crippen molar-refractivity contribution < 1.29 is 0 Å². The highest BCUT2D eigenvalue weighted by atomic mass is 35.5. The Kier molecular flexibility index (Phi) is 5.67. The molecule has 1 rings (SSSR count). The van der Waals surface area contributed by atoms with E-state index in [4.69, 9.17) is 0 Å². The largest absolute Gasteiger partial charge is 0.147 e. The maximum absolute atomic E-state index is 2.73. The van der Waals surface area contributed by atoms with E-state index in [0.717, 1.165) is 6.16 Å². The quantitative estimate of drug-likeness (QED) is 0.605. The van der Waals surface area contributed by atoms with Gasteiger partial charge in [0.15, 0.2) is 0 Å². The van der Waals surface area contributed by atoms with Crippen molar-refractivity contribution in [2.45, 2.75) is 6.42 Å². The highest BCUT2D eigenvalue weighted by Crippen LogP contribution is 2.00. The van der Waals surface area contributed by atoms with E-state index in [-0.39, 0.29) is 12.4 Å². The molecule has 0 aromatic heterocycles. The van der Waals surface area contributed by atoms with Gasteiger partial charge in [-0.1, -0.05) is 30.3 Å². The molecule has 0 bridgehead atoms. The molecule has 0 N–H and O–H groups in total. The standard InChI is InChI=1S/C8H11P.ClH/c9-7-6-8-4-2-1-3-5-8;/h1-5H,6-7,9H2;1H. The topological polar surface area (TPSA) is 0 Å². The number of hydrogen-bond acceptors (Lipinski definition) is 0. The Bertz CT molecular complexity index is 162. The summed E-state index contributed by atoms with van der Waals surface area (Å²) in [5, 5.41) is 0. The Hall–Kier alpha value is -0.0600. The van der Waals surface area contributed by atoms with E-state index in [1.54, 1.807) is 0 Å². The van der Waals surface area contributed by atoms with Gasteiger partial charge in [-0.2, -0.15) is 0 Å². The van der Waals surface area contributed by atoms with Crippen molar-refractivity contribution in [2.75, 3.05) is 6.16 Å². The first-order valence-electron chi connectivity index (χ1n) is 3.17. The van der Waals surface area contributed by atoms with E-state index in [0.29, 0.717) is 0 Å². The maximum Gasteiger partial charge on any atom is -0.0244 e. The second kappa shape index (κ2) is 5.70. The average molecular weight is 175 g/mol. The van der Waals surface area contributed by atoms with Crippen molar-refractivity contribution in [3.8, 4) is 0 Å². The third kappa shape index (κ3) is 3.20. The zero-order chi connectivity index (χ0) is 6.53. The van der Waals surface area contributed by atoms with Crippen molar-refractivity contribution in [3.63, 3.8) is 0 Å². The third-order valence-electron chi connectivity index (χ3n) is 1.28. The first kappa shape index (κ1) is 9.94. The van der Waals surface area contributed by atoms with Gasteiger partial charge in [-0.15, -0.1) is 21.6 Å². The number of aryl methyl sites for hydroxylation is 1. The van der Waals surface area contributed by atoms with Crippen molar-refractivity contribution in [2.24, 2.45) is 0 Å². The van der Waals surface area contributed by atoms with Gasteiger partial charge < -0.3 is 0 Å². The fourth-order valence-corrected chi connectivity index (χ4v) is 1.14. The summed E-state index contributed by atoms with van der Waals surface area (Å²) in [6, 6.07) is 10.5. The molecule has 56 valence electrons. The molecule has 0 heterocycles. The van der Waals surface area contributed by atoms with Crippen LogP contribution in [0.1, 0.15) is 5.56 Å². The molecule has 10 heavy (non-hydrogen) atoms. The zero-order valence-corrected chi connectivity index (χ0v) is 7.76. The van der Waals surface area contributed by atoms with Gasteiger partial charge in [-0.05, 0) is 18.1 Å². The highest BCUT2D eigenvalue weighted by molar-refractivity contribution is 7.16. The molecule has 1 atom stereocenters. The van der Waals surface area contributed by atoms with Crippen molar-refractivity contribution in [3.05, 3.63) is 35.9 Å². The molecule has 1 aromatic rings. The Balaban J connectivity index is 0.000000810. The molecule has 0 aliphatic rings. The summed E-state index contributed by atoms with van der Waals surface area (Å²) in [4.78, 5) is 0. The fourth-order valence-electron chi connectivity index (χ4n) is 0.811. The van der Waals surface area contributed by atoms with Crippen LogP contribution in [0, 0.1) is 0 Å². The van der Waals surface area contributed by atoms with Gasteiger partial charge in [0.25, 0.3) is 0 Å². The molecule has 0 aliphatic carbocycles. The van der Waals surface area contributed by atoms with Crippen LogP contribution in [0.25, 0.3) is 0 Å². The van der Waals surface area contributed by atoms with Crippen molar-refractivity contribution in [1.29, 1.82) is 0 Å². The van der Waals surface area contributed by atoms with E-state index in [1.807, 2.05) is 6.07 Å². The lowest BCUT2D eigenvalue weighted by Crippen LogP contribution is -1.82. The van der Waals surface area contributed by atoms with Gasteiger partial charge in [0, 0.05) is 0 Å².